The van der Waals surface area contributed by atoms with Crippen molar-refractivity contribution in [2.75, 3.05) is 19.1 Å². The largest absolute Gasteiger partial charge is 0.497 e. The molecule has 4 aromatic rings. The summed E-state index contributed by atoms with van der Waals surface area (Å²) >= 11 is 0. The van der Waals surface area contributed by atoms with Gasteiger partial charge in [-0.05, 0) is 53.6 Å². The van der Waals surface area contributed by atoms with E-state index in [0.717, 1.165) is 22.0 Å². The number of aromatic nitrogens is 1. The summed E-state index contributed by atoms with van der Waals surface area (Å²) < 4.78 is 18.6. The lowest BCUT2D eigenvalue weighted by Crippen LogP contribution is -2.49. The minimum atomic E-state index is -0.787. The Kier molecular flexibility index (Phi) is 6.92. The van der Waals surface area contributed by atoms with Crippen molar-refractivity contribution in [2.24, 2.45) is 0 Å². The molecule has 1 aromatic heterocycles. The molecule has 0 aliphatic rings. The molecule has 0 bridgehead atoms. The topological polar surface area (TPSA) is 74.4 Å². The van der Waals surface area contributed by atoms with Gasteiger partial charge >= 0.3 is 0 Å². The number of likely N-dealkylation sites (N-methyl/N-ethyl adjacent to an activating group) is 1. The lowest BCUT2D eigenvalue weighted by Gasteiger charge is -2.25. The van der Waals surface area contributed by atoms with E-state index in [1.807, 2.05) is 48.5 Å². The van der Waals surface area contributed by atoms with E-state index in [4.69, 9.17) is 4.74 Å². The molecule has 2 amide bonds. The zero-order valence-electron chi connectivity index (χ0n) is 19.0. The number of rotatable bonds is 8. The minimum Gasteiger partial charge on any atom is -0.497 e. The van der Waals surface area contributed by atoms with Crippen LogP contribution in [0.4, 0.5) is 10.1 Å². The average Bonchev–Trinajstić information content (AvgIpc) is 3.25. The number of carbonyl (C=O) groups excluding carboxylic acids is 2. The molecule has 34 heavy (non-hydrogen) atoms. The Bertz CT molecular complexity index is 1290. The van der Waals surface area contributed by atoms with Crippen molar-refractivity contribution in [3.8, 4) is 5.75 Å². The second-order valence-corrected chi connectivity index (χ2v) is 8.09. The van der Waals surface area contributed by atoms with Crippen LogP contribution in [0.5, 0.6) is 5.75 Å². The molecule has 0 unspecified atom stereocenters. The summed E-state index contributed by atoms with van der Waals surface area (Å²) in [6.07, 6.45) is 2.23. The van der Waals surface area contributed by atoms with Crippen molar-refractivity contribution < 1.29 is 18.7 Å². The Hall–Kier alpha value is -4.13. The molecule has 2 N–H and O–H groups in total. The highest BCUT2D eigenvalue weighted by molar-refractivity contribution is 5.99. The number of benzene rings is 3. The van der Waals surface area contributed by atoms with Gasteiger partial charge in [-0.2, -0.15) is 0 Å². The molecule has 3 aromatic carbocycles. The Morgan fingerprint density at radius 1 is 1.06 bits per heavy atom. The number of anilines is 1. The first-order chi connectivity index (χ1) is 16.4. The number of ether oxygens (including phenoxy) is 1. The van der Waals surface area contributed by atoms with Crippen LogP contribution in [0.1, 0.15) is 11.1 Å². The number of nitrogens with one attached hydrogen (secondary N) is 2. The van der Waals surface area contributed by atoms with Crippen molar-refractivity contribution in [1.29, 1.82) is 0 Å². The number of carbonyl (C=O) groups is 2. The molecular formula is C27H26FN3O3. The summed E-state index contributed by atoms with van der Waals surface area (Å²) in [6.45, 7) is 0. The van der Waals surface area contributed by atoms with E-state index in [1.165, 1.54) is 29.2 Å². The highest BCUT2D eigenvalue weighted by atomic mass is 19.1. The van der Waals surface area contributed by atoms with Crippen LogP contribution in [0, 0.1) is 5.82 Å². The molecule has 0 saturated carbocycles. The summed E-state index contributed by atoms with van der Waals surface area (Å²) in [6, 6.07) is 20.0. The van der Waals surface area contributed by atoms with Gasteiger partial charge in [-0.1, -0.05) is 30.3 Å². The Morgan fingerprint density at radius 3 is 2.50 bits per heavy atom. The summed E-state index contributed by atoms with van der Waals surface area (Å²) in [5.74, 6) is -0.240. The van der Waals surface area contributed by atoms with E-state index in [2.05, 4.69) is 10.3 Å². The van der Waals surface area contributed by atoms with Gasteiger partial charge in [0.05, 0.1) is 13.5 Å². The van der Waals surface area contributed by atoms with Gasteiger partial charge < -0.3 is 19.9 Å². The first-order valence-corrected chi connectivity index (χ1v) is 10.9. The molecule has 7 heteroatoms. The maximum Gasteiger partial charge on any atom is 0.249 e. The van der Waals surface area contributed by atoms with Gasteiger partial charge in [0.2, 0.25) is 11.8 Å². The fourth-order valence-corrected chi connectivity index (χ4v) is 3.92. The third-order valence-corrected chi connectivity index (χ3v) is 5.79. The second kappa shape index (κ2) is 10.2. The number of amides is 2. The van der Waals surface area contributed by atoms with Crippen molar-refractivity contribution in [3.05, 3.63) is 95.9 Å². The molecule has 0 radical (unpaired) electrons. The summed E-state index contributed by atoms with van der Waals surface area (Å²) in [7, 11) is 3.21. The van der Waals surface area contributed by atoms with Gasteiger partial charge in [-0.3, -0.25) is 9.59 Å². The van der Waals surface area contributed by atoms with E-state index in [1.54, 1.807) is 20.4 Å². The molecule has 0 spiro atoms. The SMILES string of the molecule is COc1ccc2[nH]cc(CC(=O)N[C@@H](Cc3ccccc3)C(=O)N(C)c3ccc(F)cc3)c2c1. The zero-order valence-corrected chi connectivity index (χ0v) is 19.0. The van der Waals surface area contributed by atoms with Gasteiger partial charge in [-0.25, -0.2) is 4.39 Å². The lowest BCUT2D eigenvalue weighted by molar-refractivity contribution is -0.127. The molecular weight excluding hydrogens is 433 g/mol. The molecule has 0 fully saturated rings. The van der Waals surface area contributed by atoms with Crippen LogP contribution < -0.4 is 15.0 Å². The van der Waals surface area contributed by atoms with E-state index >= 15 is 0 Å². The van der Waals surface area contributed by atoms with Gasteiger partial charge in [0.25, 0.3) is 0 Å². The smallest absolute Gasteiger partial charge is 0.249 e. The minimum absolute atomic E-state index is 0.103. The van der Waals surface area contributed by atoms with Crippen LogP contribution in [-0.4, -0.2) is 37.0 Å². The van der Waals surface area contributed by atoms with Crippen molar-refractivity contribution in [3.63, 3.8) is 0 Å². The van der Waals surface area contributed by atoms with Crippen LogP contribution in [0.2, 0.25) is 0 Å². The Labute approximate surface area is 197 Å². The van der Waals surface area contributed by atoms with Crippen LogP contribution in [0.15, 0.2) is 79.0 Å². The van der Waals surface area contributed by atoms with E-state index in [9.17, 15) is 14.0 Å². The standard InChI is InChI=1S/C27H26FN3O3/c1-31(21-10-8-20(28)9-11-21)27(33)25(14-18-6-4-3-5-7-18)30-26(32)15-19-17-29-24-13-12-22(34-2)16-23(19)24/h3-13,16-17,25,29H,14-15H2,1-2H3,(H,30,32)/t25-/m0/s1. The van der Waals surface area contributed by atoms with Crippen molar-refractivity contribution in [1.82, 2.24) is 10.3 Å². The molecule has 0 saturated heterocycles. The number of fused-ring (bicyclic) bond motifs is 1. The maximum absolute atomic E-state index is 13.4. The normalized spacial score (nSPS) is 11.7. The van der Waals surface area contributed by atoms with Crippen molar-refractivity contribution in [2.45, 2.75) is 18.9 Å². The fraction of sp³-hybridized carbons (Fsp3) is 0.185. The first-order valence-electron chi connectivity index (χ1n) is 10.9. The lowest BCUT2D eigenvalue weighted by atomic mass is 10.0. The van der Waals surface area contributed by atoms with Gasteiger partial charge in [0, 0.05) is 36.3 Å². The molecule has 4 rings (SSSR count). The molecule has 174 valence electrons. The van der Waals surface area contributed by atoms with E-state index in [-0.39, 0.29) is 24.1 Å². The molecule has 0 aliphatic carbocycles. The van der Waals surface area contributed by atoms with Gasteiger partial charge in [0.1, 0.15) is 17.6 Å². The van der Waals surface area contributed by atoms with Crippen LogP contribution in [0.25, 0.3) is 10.9 Å². The summed E-state index contributed by atoms with van der Waals surface area (Å²) in [4.78, 5) is 31.0. The highest BCUT2D eigenvalue weighted by Gasteiger charge is 2.25. The number of halogens is 1. The van der Waals surface area contributed by atoms with Crippen molar-refractivity contribution >= 4 is 28.4 Å². The Balaban J connectivity index is 1.54. The maximum atomic E-state index is 13.4. The number of H-pyrrole nitrogens is 1. The molecule has 0 aliphatic heterocycles. The van der Waals surface area contributed by atoms with E-state index in [0.29, 0.717) is 17.9 Å². The van der Waals surface area contributed by atoms with Gasteiger partial charge in [0.15, 0.2) is 0 Å². The van der Waals surface area contributed by atoms with Gasteiger partial charge in [-0.15, -0.1) is 0 Å². The number of aromatic amines is 1. The molecule has 1 heterocycles. The number of hydrogen-bond acceptors (Lipinski definition) is 3. The van der Waals surface area contributed by atoms with Crippen LogP contribution in [0.3, 0.4) is 0 Å². The van der Waals surface area contributed by atoms with Crippen LogP contribution in [-0.2, 0) is 22.4 Å². The number of nitrogens with zero attached hydrogens (tertiary/aromatic N) is 1. The third kappa shape index (κ3) is 5.26. The zero-order chi connectivity index (χ0) is 24.1. The summed E-state index contributed by atoms with van der Waals surface area (Å²) in [5.41, 5.74) is 3.17. The highest BCUT2D eigenvalue weighted by Crippen LogP contribution is 2.24. The number of hydrogen-bond donors (Lipinski definition) is 2. The first kappa shape index (κ1) is 23.0. The molecule has 6 nitrogen and oxygen atoms in total. The van der Waals surface area contributed by atoms with E-state index < -0.39 is 6.04 Å². The quantitative estimate of drug-likeness (QED) is 0.414. The Morgan fingerprint density at radius 2 is 1.79 bits per heavy atom. The third-order valence-electron chi connectivity index (χ3n) is 5.79. The fourth-order valence-electron chi connectivity index (χ4n) is 3.92. The van der Waals surface area contributed by atoms with Crippen LogP contribution >= 0.6 is 0 Å². The monoisotopic (exact) mass is 459 g/mol. The molecule has 1 atom stereocenters. The predicted molar refractivity (Wildman–Crippen MR) is 130 cm³/mol. The summed E-state index contributed by atoms with van der Waals surface area (Å²) in [5, 5.41) is 3.80. The predicted octanol–water partition coefficient (Wildman–Crippen LogP) is 4.25. The number of methoxy groups -OCH3 is 1. The second-order valence-electron chi connectivity index (χ2n) is 8.09. The average molecular weight is 460 g/mol.